The number of alkyl carbamates (subject to hydrolysis) is 1. The average molecular weight is 189 g/mol. The van der Waals surface area contributed by atoms with Gasteiger partial charge in [-0.05, 0) is 33.3 Å². The van der Waals surface area contributed by atoms with Crippen LogP contribution in [0.15, 0.2) is 11.9 Å². The Balaban J connectivity index is 3.77. The third-order valence-corrected chi connectivity index (χ3v) is 1.10. The minimum atomic E-state index is -0.534. The molecular weight excluding hydrogens is 173 g/mol. The van der Waals surface area contributed by atoms with Gasteiger partial charge < -0.3 is 10.1 Å². The minimum absolute atomic E-state index is 0.172. The summed E-state index contributed by atoms with van der Waals surface area (Å²) in [6, 6.07) is 0. The lowest BCUT2D eigenvalue weighted by Gasteiger charge is -2.19. The normalized spacial score (nSPS) is 12.5. The quantitative estimate of drug-likeness (QED) is 0.724. The summed E-state index contributed by atoms with van der Waals surface area (Å²) in [5, 5.41) is 2.42. The van der Waals surface area contributed by atoms with Crippen LogP contribution in [0, 0.1) is 0 Å². The topological polar surface area (TPSA) is 38.3 Å². The Morgan fingerprint density at radius 1 is 1.54 bits per heavy atom. The van der Waals surface area contributed by atoms with Gasteiger partial charge in [0.05, 0.1) is 6.33 Å². The highest BCUT2D eigenvalue weighted by atomic mass is 19.1. The number of carbonyl (C=O) groups is 1. The lowest BCUT2D eigenvalue weighted by atomic mass is 10.2. The van der Waals surface area contributed by atoms with Crippen LogP contribution in [0.4, 0.5) is 9.18 Å². The first kappa shape index (κ1) is 11.9. The molecule has 0 atom stereocenters. The Bertz CT molecular complexity index is 206. The Labute approximate surface area is 78.0 Å². The van der Waals surface area contributed by atoms with E-state index >= 15 is 0 Å². The molecule has 1 N–H and O–H groups in total. The molecule has 3 nitrogen and oxygen atoms in total. The molecule has 0 heterocycles. The van der Waals surface area contributed by atoms with Crippen molar-refractivity contribution in [2.45, 2.75) is 33.3 Å². The third kappa shape index (κ3) is 7.31. The maximum Gasteiger partial charge on any atom is 0.407 e. The first-order chi connectivity index (χ1) is 5.85. The summed E-state index contributed by atoms with van der Waals surface area (Å²) >= 11 is 0. The molecule has 0 bridgehead atoms. The van der Waals surface area contributed by atoms with Crippen LogP contribution in [0.1, 0.15) is 27.7 Å². The van der Waals surface area contributed by atoms with Crippen molar-refractivity contribution in [1.29, 1.82) is 0 Å². The Hall–Kier alpha value is -1.06. The summed E-state index contributed by atoms with van der Waals surface area (Å²) in [4.78, 5) is 11.0. The van der Waals surface area contributed by atoms with Crippen LogP contribution < -0.4 is 5.32 Å². The maximum atomic E-state index is 11.8. The molecular formula is C9H16FNO2. The summed E-state index contributed by atoms with van der Waals surface area (Å²) in [6.07, 6.45) is -0.0779. The predicted octanol–water partition coefficient (Wildman–Crippen LogP) is 2.38. The molecule has 0 rings (SSSR count). The van der Waals surface area contributed by atoms with Crippen molar-refractivity contribution in [2.75, 3.05) is 6.54 Å². The van der Waals surface area contributed by atoms with Crippen LogP contribution in [-0.4, -0.2) is 18.2 Å². The number of carbonyl (C=O) groups excluding carboxylic acids is 1. The average Bonchev–Trinajstić information content (AvgIpc) is 1.97. The molecule has 0 aliphatic heterocycles. The second kappa shape index (κ2) is 4.84. The van der Waals surface area contributed by atoms with Crippen LogP contribution >= 0.6 is 0 Å². The van der Waals surface area contributed by atoms with E-state index in [0.29, 0.717) is 11.9 Å². The SMILES string of the molecule is C/C(=C/F)CNC(=O)OC(C)(C)C. The predicted molar refractivity (Wildman–Crippen MR) is 49.1 cm³/mol. The fraction of sp³-hybridized carbons (Fsp3) is 0.667. The molecule has 1 amide bonds. The van der Waals surface area contributed by atoms with E-state index < -0.39 is 11.7 Å². The standard InChI is InChI=1S/C9H16FNO2/c1-7(5-10)6-11-8(12)13-9(2,3)4/h5H,6H2,1-4H3,(H,11,12)/b7-5-. The highest BCUT2D eigenvalue weighted by molar-refractivity contribution is 5.67. The number of amides is 1. The molecule has 0 aliphatic rings. The van der Waals surface area contributed by atoms with E-state index in [-0.39, 0.29) is 6.54 Å². The van der Waals surface area contributed by atoms with Crippen molar-refractivity contribution in [3.63, 3.8) is 0 Å². The third-order valence-electron chi connectivity index (χ3n) is 1.10. The summed E-state index contributed by atoms with van der Waals surface area (Å²) in [5.41, 5.74) is -0.0666. The molecule has 0 aromatic heterocycles. The Morgan fingerprint density at radius 2 is 2.08 bits per heavy atom. The number of rotatable bonds is 2. The van der Waals surface area contributed by atoms with E-state index in [0.717, 1.165) is 0 Å². The van der Waals surface area contributed by atoms with Crippen molar-refractivity contribution >= 4 is 6.09 Å². The highest BCUT2D eigenvalue weighted by Gasteiger charge is 2.15. The monoisotopic (exact) mass is 189 g/mol. The first-order valence-corrected chi connectivity index (χ1v) is 4.08. The van der Waals surface area contributed by atoms with Gasteiger partial charge in [-0.1, -0.05) is 0 Å². The van der Waals surface area contributed by atoms with Gasteiger partial charge in [0.15, 0.2) is 0 Å². The fourth-order valence-corrected chi connectivity index (χ4v) is 0.564. The van der Waals surface area contributed by atoms with Gasteiger partial charge >= 0.3 is 6.09 Å². The summed E-state index contributed by atoms with van der Waals surface area (Å²) < 4.78 is 16.8. The number of hydrogen-bond acceptors (Lipinski definition) is 2. The zero-order chi connectivity index (χ0) is 10.5. The van der Waals surface area contributed by atoms with Gasteiger partial charge in [-0.2, -0.15) is 0 Å². The van der Waals surface area contributed by atoms with E-state index in [1.54, 1.807) is 27.7 Å². The minimum Gasteiger partial charge on any atom is -0.444 e. The number of nitrogens with one attached hydrogen (secondary N) is 1. The van der Waals surface area contributed by atoms with Gasteiger partial charge in [-0.15, -0.1) is 0 Å². The molecule has 0 spiro atoms. The first-order valence-electron chi connectivity index (χ1n) is 4.08. The number of halogens is 1. The molecule has 13 heavy (non-hydrogen) atoms. The van der Waals surface area contributed by atoms with E-state index in [1.807, 2.05) is 0 Å². The summed E-state index contributed by atoms with van der Waals surface area (Å²) in [5.74, 6) is 0. The molecule has 0 aromatic carbocycles. The Kier molecular flexibility index (Phi) is 4.45. The lowest BCUT2D eigenvalue weighted by molar-refractivity contribution is 0.0532. The number of ether oxygens (including phenoxy) is 1. The van der Waals surface area contributed by atoms with E-state index in [9.17, 15) is 9.18 Å². The van der Waals surface area contributed by atoms with Gasteiger partial charge in [-0.25, -0.2) is 9.18 Å². The molecule has 4 heteroatoms. The van der Waals surface area contributed by atoms with Crippen LogP contribution in [0.3, 0.4) is 0 Å². The lowest BCUT2D eigenvalue weighted by Crippen LogP contribution is -2.33. The van der Waals surface area contributed by atoms with Crippen molar-refractivity contribution in [3.8, 4) is 0 Å². The van der Waals surface area contributed by atoms with Gasteiger partial charge in [-0.3, -0.25) is 0 Å². The highest BCUT2D eigenvalue weighted by Crippen LogP contribution is 2.06. The van der Waals surface area contributed by atoms with Crippen molar-refractivity contribution in [3.05, 3.63) is 11.9 Å². The maximum absolute atomic E-state index is 11.8. The van der Waals surface area contributed by atoms with Crippen molar-refractivity contribution in [2.24, 2.45) is 0 Å². The smallest absolute Gasteiger partial charge is 0.407 e. The molecule has 76 valence electrons. The van der Waals surface area contributed by atoms with Crippen LogP contribution in [0.5, 0.6) is 0 Å². The largest absolute Gasteiger partial charge is 0.444 e. The van der Waals surface area contributed by atoms with Gasteiger partial charge in [0.2, 0.25) is 0 Å². The van der Waals surface area contributed by atoms with Crippen LogP contribution in [0.2, 0.25) is 0 Å². The van der Waals surface area contributed by atoms with Gasteiger partial charge in [0.25, 0.3) is 0 Å². The number of hydrogen-bond donors (Lipinski definition) is 1. The molecule has 0 aliphatic carbocycles. The zero-order valence-electron chi connectivity index (χ0n) is 8.48. The molecule has 0 saturated carbocycles. The van der Waals surface area contributed by atoms with Crippen LogP contribution in [-0.2, 0) is 4.74 Å². The summed E-state index contributed by atoms with van der Waals surface area (Å²) in [7, 11) is 0. The van der Waals surface area contributed by atoms with Crippen molar-refractivity contribution in [1.82, 2.24) is 5.32 Å². The van der Waals surface area contributed by atoms with Crippen LogP contribution in [0.25, 0.3) is 0 Å². The van der Waals surface area contributed by atoms with Crippen molar-refractivity contribution < 1.29 is 13.9 Å². The molecule has 0 fully saturated rings. The van der Waals surface area contributed by atoms with Gasteiger partial charge in [0.1, 0.15) is 5.60 Å². The summed E-state index contributed by atoms with van der Waals surface area (Å²) in [6.45, 7) is 7.06. The van der Waals surface area contributed by atoms with E-state index in [4.69, 9.17) is 4.74 Å². The zero-order valence-corrected chi connectivity index (χ0v) is 8.48. The Morgan fingerprint density at radius 3 is 2.46 bits per heavy atom. The molecule has 0 unspecified atom stereocenters. The molecule has 0 saturated heterocycles. The van der Waals surface area contributed by atoms with E-state index in [2.05, 4.69) is 5.32 Å². The fourth-order valence-electron chi connectivity index (χ4n) is 0.564. The van der Waals surface area contributed by atoms with E-state index in [1.165, 1.54) is 0 Å². The second-order valence-corrected chi connectivity index (χ2v) is 3.81. The molecule has 0 aromatic rings. The van der Waals surface area contributed by atoms with Gasteiger partial charge in [0, 0.05) is 6.54 Å². The molecule has 0 radical (unpaired) electrons. The second-order valence-electron chi connectivity index (χ2n) is 3.81.